The largest absolute Gasteiger partial charge is 0.466 e. The lowest BCUT2D eigenvalue weighted by molar-refractivity contribution is -0.302. The van der Waals surface area contributed by atoms with E-state index in [1.54, 1.807) is 6.08 Å². The SMILES string of the molecule is CCCC/C=C\CCCCCCCC(=O)OCCCCCCCCCCCCCC/C=C\CCCCCCCCCCC(=O)NC(COC1OC(CO)C(O)C(O)C1O)C(O)/C=C/CCCCCCCCCCCCCC. The van der Waals surface area contributed by atoms with Crippen molar-refractivity contribution in [1.29, 1.82) is 0 Å². The zero-order valence-corrected chi connectivity index (χ0v) is 49.9. The number of hydrogen-bond donors (Lipinski definition) is 6. The Morgan fingerprint density at radius 3 is 1.29 bits per heavy atom. The molecule has 6 N–H and O–H groups in total. The Labute approximate surface area is 473 Å². The van der Waals surface area contributed by atoms with Crippen molar-refractivity contribution in [3.8, 4) is 0 Å². The Balaban J connectivity index is 2.05. The first-order chi connectivity index (χ1) is 37.7. The van der Waals surface area contributed by atoms with Gasteiger partial charge >= 0.3 is 5.97 Å². The number of esters is 1. The molecule has 1 amide bonds. The van der Waals surface area contributed by atoms with Crippen LogP contribution in [0.15, 0.2) is 36.5 Å². The second-order valence-electron chi connectivity index (χ2n) is 22.8. The van der Waals surface area contributed by atoms with Crippen LogP contribution < -0.4 is 5.32 Å². The van der Waals surface area contributed by atoms with Crippen LogP contribution in [0, 0.1) is 0 Å². The van der Waals surface area contributed by atoms with Crippen LogP contribution in [0.2, 0.25) is 0 Å². The third-order valence-electron chi connectivity index (χ3n) is 15.5. The van der Waals surface area contributed by atoms with Gasteiger partial charge < -0.3 is 45.1 Å². The molecular weight excluding hydrogens is 967 g/mol. The first-order valence-electron chi connectivity index (χ1n) is 32.8. The summed E-state index contributed by atoms with van der Waals surface area (Å²) in [5.41, 5.74) is 0. The van der Waals surface area contributed by atoms with Gasteiger partial charge in [0.2, 0.25) is 5.91 Å². The van der Waals surface area contributed by atoms with E-state index in [9.17, 15) is 35.1 Å². The zero-order valence-electron chi connectivity index (χ0n) is 49.9. The van der Waals surface area contributed by atoms with Gasteiger partial charge in [0.25, 0.3) is 0 Å². The first-order valence-corrected chi connectivity index (χ1v) is 32.8. The standard InChI is InChI=1S/C66H123NO10/c1-3-5-7-9-11-13-15-16-29-33-36-40-44-48-52-59(69)58(57-76-66-65(74)64(73)63(72)60(56-68)77-66)67-61(70)53-49-45-41-37-34-30-27-25-23-21-19-17-18-20-22-24-26-28-31-35-39-43-47-51-55-75-62(71)54-50-46-42-38-32-14-12-10-8-6-4-2/h10,12,19,21,48,52,58-60,63-66,68-69,72-74H,3-9,11,13-18,20,22-47,49-51,53-57H2,1-2H3,(H,67,70)/b12-10-,21-19-,52-48+. The fraction of sp³-hybridized carbons (Fsp3) is 0.879. The number of allylic oxidation sites excluding steroid dienone is 5. The van der Waals surface area contributed by atoms with E-state index < -0.39 is 49.5 Å². The third-order valence-corrected chi connectivity index (χ3v) is 15.5. The van der Waals surface area contributed by atoms with Gasteiger partial charge in [-0.3, -0.25) is 9.59 Å². The highest BCUT2D eigenvalue weighted by Gasteiger charge is 2.44. The summed E-state index contributed by atoms with van der Waals surface area (Å²) >= 11 is 0. The molecule has 0 saturated carbocycles. The molecule has 7 unspecified atom stereocenters. The number of unbranched alkanes of at least 4 members (excludes halogenated alkanes) is 39. The van der Waals surface area contributed by atoms with Crippen molar-refractivity contribution in [2.75, 3.05) is 19.8 Å². The van der Waals surface area contributed by atoms with Crippen LogP contribution in [-0.2, 0) is 23.8 Å². The molecule has 0 aromatic heterocycles. The Morgan fingerprint density at radius 1 is 0.468 bits per heavy atom. The van der Waals surface area contributed by atoms with Gasteiger partial charge in [-0.25, -0.2) is 0 Å². The Hall–Kier alpha value is -2.12. The summed E-state index contributed by atoms with van der Waals surface area (Å²) in [6.45, 7) is 4.32. The number of carbonyl (C=O) groups excluding carboxylic acids is 2. The molecule has 0 bridgehead atoms. The maximum absolute atomic E-state index is 13.1. The van der Waals surface area contributed by atoms with Crippen molar-refractivity contribution < 1.29 is 49.3 Å². The van der Waals surface area contributed by atoms with Crippen LogP contribution in [0.3, 0.4) is 0 Å². The Morgan fingerprint density at radius 2 is 0.844 bits per heavy atom. The van der Waals surface area contributed by atoms with Crippen molar-refractivity contribution in [2.45, 2.75) is 352 Å². The second kappa shape index (κ2) is 55.8. The molecule has 11 heteroatoms. The summed E-state index contributed by atoms with van der Waals surface area (Å²) in [6.07, 6.45) is 59.6. The molecule has 1 aliphatic heterocycles. The smallest absolute Gasteiger partial charge is 0.305 e. The van der Waals surface area contributed by atoms with Gasteiger partial charge in [0, 0.05) is 12.8 Å². The van der Waals surface area contributed by atoms with E-state index in [-0.39, 0.29) is 18.5 Å². The molecule has 11 nitrogen and oxygen atoms in total. The van der Waals surface area contributed by atoms with E-state index in [2.05, 4.69) is 43.5 Å². The van der Waals surface area contributed by atoms with Gasteiger partial charge in [0.05, 0.1) is 32.0 Å². The van der Waals surface area contributed by atoms with Crippen molar-refractivity contribution in [3.05, 3.63) is 36.5 Å². The van der Waals surface area contributed by atoms with Crippen LogP contribution in [0.4, 0.5) is 0 Å². The highest BCUT2D eigenvalue weighted by Crippen LogP contribution is 2.23. The van der Waals surface area contributed by atoms with Crippen LogP contribution in [-0.4, -0.2) is 100 Å². The number of aliphatic hydroxyl groups is 5. The highest BCUT2D eigenvalue weighted by molar-refractivity contribution is 5.76. The van der Waals surface area contributed by atoms with Gasteiger partial charge in [0.15, 0.2) is 6.29 Å². The molecule has 452 valence electrons. The monoisotopic (exact) mass is 1090 g/mol. The predicted molar refractivity (Wildman–Crippen MR) is 320 cm³/mol. The number of amides is 1. The molecule has 1 fully saturated rings. The van der Waals surface area contributed by atoms with Gasteiger partial charge in [-0.15, -0.1) is 0 Å². The molecule has 1 aliphatic rings. The number of ether oxygens (including phenoxy) is 3. The van der Waals surface area contributed by atoms with Gasteiger partial charge in [0.1, 0.15) is 24.4 Å². The summed E-state index contributed by atoms with van der Waals surface area (Å²) in [6, 6.07) is -0.814. The van der Waals surface area contributed by atoms with Crippen molar-refractivity contribution in [1.82, 2.24) is 5.32 Å². The van der Waals surface area contributed by atoms with Crippen LogP contribution in [0.25, 0.3) is 0 Å². The summed E-state index contributed by atoms with van der Waals surface area (Å²) in [4.78, 5) is 25.1. The van der Waals surface area contributed by atoms with Gasteiger partial charge in [-0.05, 0) is 77.0 Å². The normalized spacial score (nSPS) is 18.8. The molecule has 1 heterocycles. The molecular formula is C66H123NO10. The molecule has 77 heavy (non-hydrogen) atoms. The number of aliphatic hydroxyl groups excluding tert-OH is 5. The van der Waals surface area contributed by atoms with E-state index in [4.69, 9.17) is 14.2 Å². The predicted octanol–water partition coefficient (Wildman–Crippen LogP) is 15.8. The molecule has 7 atom stereocenters. The maximum Gasteiger partial charge on any atom is 0.305 e. The van der Waals surface area contributed by atoms with Gasteiger partial charge in [-0.1, -0.05) is 256 Å². The summed E-state index contributed by atoms with van der Waals surface area (Å²) in [5.74, 6) is -0.195. The minimum Gasteiger partial charge on any atom is -0.466 e. The molecule has 0 spiro atoms. The number of carbonyl (C=O) groups is 2. The van der Waals surface area contributed by atoms with E-state index in [1.165, 1.54) is 218 Å². The maximum atomic E-state index is 13.1. The lowest BCUT2D eigenvalue weighted by Gasteiger charge is -2.40. The van der Waals surface area contributed by atoms with E-state index >= 15 is 0 Å². The Kier molecular flexibility index (Phi) is 52.8. The van der Waals surface area contributed by atoms with Crippen molar-refractivity contribution in [3.63, 3.8) is 0 Å². The van der Waals surface area contributed by atoms with Crippen LogP contribution in [0.1, 0.15) is 309 Å². The molecule has 1 saturated heterocycles. The molecule has 0 aromatic carbocycles. The fourth-order valence-electron chi connectivity index (χ4n) is 10.2. The highest BCUT2D eigenvalue weighted by atomic mass is 16.7. The quantitative estimate of drug-likeness (QED) is 0.0195. The van der Waals surface area contributed by atoms with Crippen molar-refractivity contribution >= 4 is 11.9 Å². The lowest BCUT2D eigenvalue weighted by Crippen LogP contribution is -2.60. The second-order valence-corrected chi connectivity index (χ2v) is 22.8. The lowest BCUT2D eigenvalue weighted by atomic mass is 9.99. The zero-order chi connectivity index (χ0) is 55.9. The fourth-order valence-corrected chi connectivity index (χ4v) is 10.2. The molecule has 1 rings (SSSR count). The molecule has 0 aromatic rings. The minimum atomic E-state index is -1.57. The van der Waals surface area contributed by atoms with E-state index in [0.29, 0.717) is 19.4 Å². The average Bonchev–Trinajstić information content (AvgIpc) is 3.43. The van der Waals surface area contributed by atoms with E-state index in [1.807, 2.05) is 6.08 Å². The summed E-state index contributed by atoms with van der Waals surface area (Å²) < 4.78 is 16.7. The first kappa shape index (κ1) is 72.9. The molecule has 0 radical (unpaired) electrons. The van der Waals surface area contributed by atoms with Crippen LogP contribution in [0.5, 0.6) is 0 Å². The number of hydrogen-bond acceptors (Lipinski definition) is 10. The van der Waals surface area contributed by atoms with Gasteiger partial charge in [-0.2, -0.15) is 0 Å². The average molecular weight is 1090 g/mol. The third kappa shape index (κ3) is 45.2. The topological polar surface area (TPSA) is 175 Å². The summed E-state index contributed by atoms with van der Waals surface area (Å²) in [5, 5.41) is 54.5. The minimum absolute atomic E-state index is 0.00969. The van der Waals surface area contributed by atoms with E-state index in [0.717, 1.165) is 64.2 Å². The number of nitrogens with one attached hydrogen (secondary N) is 1. The van der Waals surface area contributed by atoms with Crippen molar-refractivity contribution in [2.24, 2.45) is 0 Å². The Bertz CT molecular complexity index is 1370. The van der Waals surface area contributed by atoms with Crippen LogP contribution >= 0.6 is 0 Å². The molecule has 0 aliphatic carbocycles. The number of rotatable bonds is 57. The summed E-state index contributed by atoms with van der Waals surface area (Å²) in [7, 11) is 0.